The third kappa shape index (κ3) is 4.48. The molecule has 2 aromatic carbocycles. The van der Waals surface area contributed by atoms with Crippen molar-refractivity contribution in [1.29, 1.82) is 0 Å². The van der Waals surface area contributed by atoms with Gasteiger partial charge in [0.2, 0.25) is 0 Å². The zero-order valence-electron chi connectivity index (χ0n) is 15.2. The Labute approximate surface area is 158 Å². The second-order valence-electron chi connectivity index (χ2n) is 6.75. The maximum atomic E-state index is 10.3. The minimum Gasteiger partial charge on any atom is -0.494 e. The standard InChI is InChI=1S/C21H26O6/c1-2-26-16-8-6-13(7-9-16)10-14-4-3-5-15(11-14)21-20(25)19(24)18(23)17(12-22)27-21/h3-9,11,17-25H,2,10,12H2,1H3/t17-,18-,19+,20-,21+/m1/s1. The lowest BCUT2D eigenvalue weighted by Crippen LogP contribution is -2.55. The molecule has 5 atom stereocenters. The molecule has 0 spiro atoms. The molecule has 6 heteroatoms. The molecule has 1 aliphatic heterocycles. The van der Waals surface area contributed by atoms with Crippen molar-refractivity contribution < 1.29 is 29.9 Å². The summed E-state index contributed by atoms with van der Waals surface area (Å²) >= 11 is 0. The zero-order valence-corrected chi connectivity index (χ0v) is 15.2. The Balaban J connectivity index is 1.76. The van der Waals surface area contributed by atoms with Crippen molar-refractivity contribution in [2.24, 2.45) is 0 Å². The Morgan fingerprint density at radius 2 is 1.67 bits per heavy atom. The molecule has 2 aromatic rings. The van der Waals surface area contributed by atoms with Crippen LogP contribution in [0.3, 0.4) is 0 Å². The van der Waals surface area contributed by atoms with Crippen LogP contribution in [0.2, 0.25) is 0 Å². The minimum atomic E-state index is -1.38. The van der Waals surface area contributed by atoms with Gasteiger partial charge >= 0.3 is 0 Å². The number of benzene rings is 2. The van der Waals surface area contributed by atoms with Crippen LogP contribution in [0.5, 0.6) is 5.75 Å². The van der Waals surface area contributed by atoms with E-state index in [2.05, 4.69) is 0 Å². The van der Waals surface area contributed by atoms with Gasteiger partial charge in [-0.1, -0.05) is 36.4 Å². The lowest BCUT2D eigenvalue weighted by Gasteiger charge is -2.40. The molecule has 1 fully saturated rings. The van der Waals surface area contributed by atoms with Gasteiger partial charge < -0.3 is 29.9 Å². The van der Waals surface area contributed by atoms with Crippen molar-refractivity contribution in [3.63, 3.8) is 0 Å². The molecule has 146 valence electrons. The Morgan fingerprint density at radius 1 is 0.926 bits per heavy atom. The molecule has 0 aromatic heterocycles. The fourth-order valence-corrected chi connectivity index (χ4v) is 3.36. The van der Waals surface area contributed by atoms with Gasteiger partial charge in [-0.3, -0.25) is 0 Å². The van der Waals surface area contributed by atoms with Crippen LogP contribution in [-0.2, 0) is 11.2 Å². The van der Waals surface area contributed by atoms with Crippen LogP contribution in [0.25, 0.3) is 0 Å². The summed E-state index contributed by atoms with van der Waals surface area (Å²) in [4.78, 5) is 0. The second kappa shape index (κ2) is 8.82. The molecule has 1 heterocycles. The van der Waals surface area contributed by atoms with E-state index in [0.717, 1.165) is 16.9 Å². The van der Waals surface area contributed by atoms with Gasteiger partial charge in [-0.2, -0.15) is 0 Å². The van der Waals surface area contributed by atoms with E-state index >= 15 is 0 Å². The van der Waals surface area contributed by atoms with Crippen molar-refractivity contribution in [3.05, 3.63) is 65.2 Å². The molecule has 3 rings (SSSR count). The number of hydrogen-bond acceptors (Lipinski definition) is 6. The van der Waals surface area contributed by atoms with E-state index < -0.39 is 37.1 Å². The maximum Gasteiger partial charge on any atom is 0.119 e. The first-order valence-corrected chi connectivity index (χ1v) is 9.14. The molecule has 4 N–H and O–H groups in total. The first kappa shape index (κ1) is 19.8. The lowest BCUT2D eigenvalue weighted by atomic mass is 9.90. The van der Waals surface area contributed by atoms with Gasteiger partial charge in [0.05, 0.1) is 13.2 Å². The maximum absolute atomic E-state index is 10.3. The van der Waals surface area contributed by atoms with E-state index in [-0.39, 0.29) is 0 Å². The molecule has 0 saturated carbocycles. The van der Waals surface area contributed by atoms with Crippen molar-refractivity contribution in [1.82, 2.24) is 0 Å². The smallest absolute Gasteiger partial charge is 0.119 e. The van der Waals surface area contributed by atoms with Crippen LogP contribution in [0.4, 0.5) is 0 Å². The Hall–Kier alpha value is -1.96. The number of rotatable bonds is 6. The van der Waals surface area contributed by atoms with Gasteiger partial charge in [-0.15, -0.1) is 0 Å². The third-order valence-electron chi connectivity index (χ3n) is 4.81. The van der Waals surface area contributed by atoms with Crippen LogP contribution in [0.1, 0.15) is 29.7 Å². The van der Waals surface area contributed by atoms with Crippen molar-refractivity contribution in [2.75, 3.05) is 13.2 Å². The van der Waals surface area contributed by atoms with Crippen molar-refractivity contribution in [2.45, 2.75) is 43.9 Å². The summed E-state index contributed by atoms with van der Waals surface area (Å²) in [5, 5.41) is 39.6. The summed E-state index contributed by atoms with van der Waals surface area (Å²) in [5.74, 6) is 0.830. The third-order valence-corrected chi connectivity index (χ3v) is 4.81. The van der Waals surface area contributed by atoms with Gasteiger partial charge in [-0.25, -0.2) is 0 Å². The summed E-state index contributed by atoms with van der Waals surface area (Å²) < 4.78 is 11.1. The highest BCUT2D eigenvalue weighted by Crippen LogP contribution is 2.33. The predicted octanol–water partition coefficient (Wildman–Crippen LogP) is 1.19. The highest BCUT2D eigenvalue weighted by Gasteiger charge is 2.43. The Kier molecular flexibility index (Phi) is 6.46. The first-order chi connectivity index (χ1) is 13.0. The number of hydrogen-bond donors (Lipinski definition) is 4. The van der Waals surface area contributed by atoms with Gasteiger partial charge in [0.25, 0.3) is 0 Å². The predicted molar refractivity (Wildman–Crippen MR) is 99.6 cm³/mol. The van der Waals surface area contributed by atoms with Gasteiger partial charge in [-0.05, 0) is 42.2 Å². The highest BCUT2D eigenvalue weighted by atomic mass is 16.5. The monoisotopic (exact) mass is 374 g/mol. The fourth-order valence-electron chi connectivity index (χ4n) is 3.36. The number of ether oxygens (including phenoxy) is 2. The SMILES string of the molecule is CCOc1ccc(Cc2cccc([C@@H]3O[C@H](CO)[C@@H](O)[C@H](O)[C@H]3O)c2)cc1. The summed E-state index contributed by atoms with van der Waals surface area (Å²) in [5.41, 5.74) is 2.83. The van der Waals surface area contributed by atoms with Crippen LogP contribution < -0.4 is 4.74 Å². The number of aliphatic hydroxyl groups is 4. The summed E-state index contributed by atoms with van der Waals surface area (Å²) in [7, 11) is 0. The highest BCUT2D eigenvalue weighted by molar-refractivity contribution is 5.34. The average molecular weight is 374 g/mol. The minimum absolute atomic E-state index is 0.437. The first-order valence-electron chi connectivity index (χ1n) is 9.14. The molecular weight excluding hydrogens is 348 g/mol. The number of aliphatic hydroxyl groups excluding tert-OH is 4. The molecule has 0 radical (unpaired) electrons. The molecule has 0 unspecified atom stereocenters. The molecule has 0 amide bonds. The van der Waals surface area contributed by atoms with E-state index in [0.29, 0.717) is 18.6 Å². The van der Waals surface area contributed by atoms with Crippen LogP contribution in [0, 0.1) is 0 Å². The molecule has 1 saturated heterocycles. The van der Waals surface area contributed by atoms with Crippen LogP contribution in [-0.4, -0.2) is 58.1 Å². The van der Waals surface area contributed by atoms with E-state index in [9.17, 15) is 20.4 Å². The van der Waals surface area contributed by atoms with Crippen LogP contribution in [0.15, 0.2) is 48.5 Å². The molecular formula is C21H26O6. The van der Waals surface area contributed by atoms with Gasteiger partial charge in [0, 0.05) is 0 Å². The molecule has 0 aliphatic carbocycles. The van der Waals surface area contributed by atoms with Gasteiger partial charge in [0.15, 0.2) is 0 Å². The van der Waals surface area contributed by atoms with Crippen molar-refractivity contribution >= 4 is 0 Å². The van der Waals surface area contributed by atoms with E-state index in [1.54, 1.807) is 6.07 Å². The second-order valence-corrected chi connectivity index (χ2v) is 6.75. The summed E-state index contributed by atoms with van der Waals surface area (Å²) in [6.07, 6.45) is -5.05. The average Bonchev–Trinajstić information content (AvgIpc) is 2.68. The lowest BCUT2D eigenvalue weighted by molar-refractivity contribution is -0.231. The van der Waals surface area contributed by atoms with E-state index in [4.69, 9.17) is 9.47 Å². The van der Waals surface area contributed by atoms with E-state index in [1.807, 2.05) is 49.4 Å². The van der Waals surface area contributed by atoms with E-state index in [1.165, 1.54) is 0 Å². The fraction of sp³-hybridized carbons (Fsp3) is 0.429. The largest absolute Gasteiger partial charge is 0.494 e. The topological polar surface area (TPSA) is 99.4 Å². The Bertz CT molecular complexity index is 730. The summed E-state index contributed by atoms with van der Waals surface area (Å²) in [6.45, 7) is 2.13. The Morgan fingerprint density at radius 3 is 2.33 bits per heavy atom. The quantitative estimate of drug-likeness (QED) is 0.606. The van der Waals surface area contributed by atoms with Crippen LogP contribution >= 0.6 is 0 Å². The van der Waals surface area contributed by atoms with Gasteiger partial charge in [0.1, 0.15) is 36.3 Å². The summed E-state index contributed by atoms with van der Waals surface area (Å²) in [6, 6.07) is 15.4. The molecule has 6 nitrogen and oxygen atoms in total. The normalized spacial score (nSPS) is 28.1. The van der Waals surface area contributed by atoms with Crippen molar-refractivity contribution in [3.8, 4) is 5.75 Å². The zero-order chi connectivity index (χ0) is 19.4. The molecule has 1 aliphatic rings. The molecule has 27 heavy (non-hydrogen) atoms. The molecule has 0 bridgehead atoms.